The highest BCUT2D eigenvalue weighted by molar-refractivity contribution is 6.05. The molecule has 0 amide bonds. The van der Waals surface area contributed by atoms with E-state index in [-0.39, 0.29) is 11.6 Å². The number of carbonyl (C=O) groups excluding carboxylic acids is 2. The monoisotopic (exact) mass is 328 g/mol. The maximum atomic E-state index is 13.1. The van der Waals surface area contributed by atoms with Gasteiger partial charge in [-0.1, -0.05) is 12.8 Å². The van der Waals surface area contributed by atoms with Gasteiger partial charge >= 0.3 is 0 Å². The molecule has 2 nitrogen and oxygen atoms in total. The van der Waals surface area contributed by atoms with E-state index in [0.717, 1.165) is 12.8 Å². The molecule has 1 fully saturated rings. The number of halogens is 2. The lowest BCUT2D eigenvalue weighted by Crippen LogP contribution is -2.33. The molecule has 2 aromatic rings. The van der Waals surface area contributed by atoms with Gasteiger partial charge in [-0.2, -0.15) is 0 Å². The molecule has 2 unspecified atom stereocenters. The Bertz CT molecular complexity index is 670. The summed E-state index contributed by atoms with van der Waals surface area (Å²) in [6.07, 6.45) is 3.08. The van der Waals surface area contributed by atoms with Crippen LogP contribution in [0.3, 0.4) is 0 Å². The van der Waals surface area contributed by atoms with E-state index >= 15 is 0 Å². The number of hydrogen-bond donors (Lipinski definition) is 0. The molecule has 0 N–H and O–H groups in total. The van der Waals surface area contributed by atoms with Crippen molar-refractivity contribution in [3.05, 3.63) is 71.3 Å². The molecule has 1 aliphatic rings. The highest BCUT2D eigenvalue weighted by Crippen LogP contribution is 2.35. The number of benzene rings is 2. The third-order valence-corrected chi connectivity index (χ3v) is 4.70. The van der Waals surface area contributed by atoms with E-state index in [4.69, 9.17) is 0 Å². The molecule has 0 bridgehead atoms. The minimum absolute atomic E-state index is 0.116. The van der Waals surface area contributed by atoms with Crippen molar-refractivity contribution in [3.63, 3.8) is 0 Å². The summed E-state index contributed by atoms with van der Waals surface area (Å²) in [6.45, 7) is 0. The van der Waals surface area contributed by atoms with Crippen molar-refractivity contribution in [2.45, 2.75) is 25.7 Å². The van der Waals surface area contributed by atoms with Crippen LogP contribution in [0.2, 0.25) is 0 Å². The smallest absolute Gasteiger partial charge is 0.166 e. The van der Waals surface area contributed by atoms with E-state index in [1.165, 1.54) is 48.5 Å². The second-order valence-electron chi connectivity index (χ2n) is 6.24. The van der Waals surface area contributed by atoms with Gasteiger partial charge in [0, 0.05) is 23.0 Å². The molecule has 124 valence electrons. The average molecular weight is 328 g/mol. The largest absolute Gasteiger partial charge is 0.294 e. The molecule has 2 aromatic carbocycles. The number of hydrogen-bond acceptors (Lipinski definition) is 2. The Kier molecular flexibility index (Phi) is 4.84. The second-order valence-corrected chi connectivity index (χ2v) is 6.24. The highest BCUT2D eigenvalue weighted by Gasteiger charge is 2.36. The van der Waals surface area contributed by atoms with Crippen LogP contribution in [0.1, 0.15) is 46.4 Å². The zero-order valence-electron chi connectivity index (χ0n) is 13.2. The van der Waals surface area contributed by atoms with Crippen molar-refractivity contribution < 1.29 is 18.4 Å². The first-order chi connectivity index (χ1) is 11.6. The van der Waals surface area contributed by atoms with Crippen LogP contribution in [-0.4, -0.2) is 11.6 Å². The minimum Gasteiger partial charge on any atom is -0.294 e. The van der Waals surface area contributed by atoms with Crippen LogP contribution in [0.25, 0.3) is 0 Å². The molecule has 1 saturated carbocycles. The third kappa shape index (κ3) is 3.42. The summed E-state index contributed by atoms with van der Waals surface area (Å²) in [5.74, 6) is -1.82. The van der Waals surface area contributed by atoms with Gasteiger partial charge in [0.2, 0.25) is 0 Å². The van der Waals surface area contributed by atoms with E-state index in [1.807, 2.05) is 0 Å². The predicted octanol–water partition coefficient (Wildman–Crippen LogP) is 4.84. The summed E-state index contributed by atoms with van der Waals surface area (Å²) in [5.41, 5.74) is 0.861. The predicted molar refractivity (Wildman–Crippen MR) is 86.9 cm³/mol. The molecule has 4 heteroatoms. The Labute approximate surface area is 139 Å². The highest BCUT2D eigenvalue weighted by atomic mass is 19.1. The van der Waals surface area contributed by atoms with E-state index in [2.05, 4.69) is 0 Å². The first kappa shape index (κ1) is 16.5. The van der Waals surface area contributed by atoms with Gasteiger partial charge < -0.3 is 0 Å². The van der Waals surface area contributed by atoms with Gasteiger partial charge in [0.15, 0.2) is 11.6 Å². The number of Topliss-reactive ketones (excluding diaryl/α,β-unsaturated/α-hetero) is 2. The van der Waals surface area contributed by atoms with E-state index in [1.54, 1.807) is 0 Å². The van der Waals surface area contributed by atoms with Gasteiger partial charge in [-0.05, 0) is 61.4 Å². The molecule has 0 radical (unpaired) electrons. The van der Waals surface area contributed by atoms with Gasteiger partial charge in [-0.3, -0.25) is 9.59 Å². The van der Waals surface area contributed by atoms with Crippen LogP contribution in [0, 0.1) is 23.5 Å². The van der Waals surface area contributed by atoms with E-state index < -0.39 is 23.5 Å². The Balaban J connectivity index is 1.85. The second kappa shape index (κ2) is 7.04. The first-order valence-electron chi connectivity index (χ1n) is 8.16. The van der Waals surface area contributed by atoms with Gasteiger partial charge in [0.1, 0.15) is 11.6 Å². The van der Waals surface area contributed by atoms with E-state index in [0.29, 0.717) is 24.0 Å². The fourth-order valence-corrected chi connectivity index (χ4v) is 3.41. The Morgan fingerprint density at radius 3 is 1.33 bits per heavy atom. The lowest BCUT2D eigenvalue weighted by Gasteiger charge is -2.29. The minimum atomic E-state index is -0.401. The normalized spacial score (nSPS) is 20.6. The molecule has 3 rings (SSSR count). The van der Waals surface area contributed by atoms with Gasteiger partial charge in [0.05, 0.1) is 0 Å². The summed E-state index contributed by atoms with van der Waals surface area (Å²) in [6, 6.07) is 10.9. The quantitative estimate of drug-likeness (QED) is 0.753. The van der Waals surface area contributed by atoms with Crippen molar-refractivity contribution in [1.29, 1.82) is 0 Å². The van der Waals surface area contributed by atoms with Crippen LogP contribution in [0.4, 0.5) is 8.78 Å². The molecule has 0 aliphatic heterocycles. The molecule has 0 spiro atoms. The lowest BCUT2D eigenvalue weighted by molar-refractivity contribution is 0.0709. The van der Waals surface area contributed by atoms with Crippen LogP contribution in [-0.2, 0) is 0 Å². The van der Waals surface area contributed by atoms with Crippen molar-refractivity contribution >= 4 is 11.6 Å². The molecule has 1 aliphatic carbocycles. The van der Waals surface area contributed by atoms with Crippen LogP contribution >= 0.6 is 0 Å². The Hall–Kier alpha value is -2.36. The summed E-state index contributed by atoms with van der Waals surface area (Å²) >= 11 is 0. The van der Waals surface area contributed by atoms with E-state index in [9.17, 15) is 18.4 Å². The van der Waals surface area contributed by atoms with Crippen molar-refractivity contribution in [2.24, 2.45) is 11.8 Å². The summed E-state index contributed by atoms with van der Waals surface area (Å²) in [5, 5.41) is 0. The van der Waals surface area contributed by atoms with Crippen molar-refractivity contribution in [1.82, 2.24) is 0 Å². The lowest BCUT2D eigenvalue weighted by atomic mass is 9.72. The van der Waals surface area contributed by atoms with Gasteiger partial charge in [-0.25, -0.2) is 8.78 Å². The zero-order chi connectivity index (χ0) is 17.1. The van der Waals surface area contributed by atoms with Gasteiger partial charge in [0.25, 0.3) is 0 Å². The zero-order valence-corrected chi connectivity index (χ0v) is 13.2. The molecule has 0 saturated heterocycles. The Morgan fingerprint density at radius 1 is 0.667 bits per heavy atom. The molecule has 0 heterocycles. The van der Waals surface area contributed by atoms with Gasteiger partial charge in [-0.15, -0.1) is 0 Å². The fraction of sp³-hybridized carbons (Fsp3) is 0.300. The standard InChI is InChI=1S/C20H18F2O2/c21-15-9-5-13(6-10-15)19(23)17-3-1-2-4-18(17)20(24)14-7-11-16(22)12-8-14/h5-12,17-18H,1-4H2. The van der Waals surface area contributed by atoms with Crippen molar-refractivity contribution in [2.75, 3.05) is 0 Å². The van der Waals surface area contributed by atoms with Crippen LogP contribution in [0.5, 0.6) is 0 Å². The fourth-order valence-electron chi connectivity index (χ4n) is 3.41. The maximum Gasteiger partial charge on any atom is 0.166 e. The number of rotatable bonds is 4. The molecule has 2 atom stereocenters. The molecular weight excluding hydrogens is 310 g/mol. The summed E-state index contributed by atoms with van der Waals surface area (Å²) in [7, 11) is 0. The summed E-state index contributed by atoms with van der Waals surface area (Å²) in [4.78, 5) is 25.6. The molecular formula is C20H18F2O2. The third-order valence-electron chi connectivity index (χ3n) is 4.70. The van der Waals surface area contributed by atoms with Crippen LogP contribution < -0.4 is 0 Å². The number of ketones is 2. The van der Waals surface area contributed by atoms with Crippen molar-refractivity contribution in [3.8, 4) is 0 Å². The van der Waals surface area contributed by atoms with Crippen LogP contribution in [0.15, 0.2) is 48.5 Å². The molecule has 0 aromatic heterocycles. The topological polar surface area (TPSA) is 34.1 Å². The maximum absolute atomic E-state index is 13.1. The first-order valence-corrected chi connectivity index (χ1v) is 8.16. The number of carbonyl (C=O) groups is 2. The summed E-state index contributed by atoms with van der Waals surface area (Å²) < 4.78 is 26.1. The average Bonchev–Trinajstić information content (AvgIpc) is 2.62. The SMILES string of the molecule is O=C(c1ccc(F)cc1)C1CCCCC1C(=O)c1ccc(F)cc1. The Morgan fingerprint density at radius 2 is 1.00 bits per heavy atom. The molecule has 24 heavy (non-hydrogen) atoms.